The normalized spacial score (nSPS) is 22.6. The van der Waals surface area contributed by atoms with Crippen LogP contribution in [0, 0.1) is 5.92 Å². The fraction of sp³-hybridized carbons (Fsp3) is 0.667. The van der Waals surface area contributed by atoms with Gasteiger partial charge in [0.2, 0.25) is 0 Å². The molecular weight excluding hydrogens is 248 g/mol. The Morgan fingerprint density at radius 2 is 2.05 bits per heavy atom. The molecule has 0 bridgehead atoms. The molecule has 1 N–H and O–H groups in total. The molecule has 20 heavy (non-hydrogen) atoms. The largest absolute Gasteiger partial charge is 0.487 e. The van der Waals surface area contributed by atoms with Crippen LogP contribution in [0.4, 0.5) is 0 Å². The van der Waals surface area contributed by atoms with E-state index >= 15 is 0 Å². The summed E-state index contributed by atoms with van der Waals surface area (Å²) in [7, 11) is 0. The van der Waals surface area contributed by atoms with Gasteiger partial charge in [0.15, 0.2) is 0 Å². The molecule has 0 saturated heterocycles. The van der Waals surface area contributed by atoms with Crippen LogP contribution in [0.5, 0.6) is 5.75 Å². The molecule has 3 rings (SSSR count). The molecule has 1 atom stereocenters. The third-order valence-electron chi connectivity index (χ3n) is 4.79. The highest BCUT2D eigenvalue weighted by atomic mass is 16.5. The third-order valence-corrected chi connectivity index (χ3v) is 4.79. The van der Waals surface area contributed by atoms with Crippen molar-refractivity contribution >= 4 is 0 Å². The third kappa shape index (κ3) is 3.01. The number of ether oxygens (including phenoxy) is 1. The molecule has 2 heteroatoms. The number of fused-ring (bicyclic) bond motifs is 1. The summed E-state index contributed by atoms with van der Waals surface area (Å²) in [6, 6.07) is 6.20. The molecule has 1 fully saturated rings. The Kier molecular flexibility index (Phi) is 3.76. The first-order valence-electron chi connectivity index (χ1n) is 8.03. The van der Waals surface area contributed by atoms with Crippen LogP contribution in [0.2, 0.25) is 0 Å². The molecule has 1 aliphatic heterocycles. The number of hydrogen-bond donors (Lipinski definition) is 1. The van der Waals surface area contributed by atoms with Crippen LogP contribution >= 0.6 is 0 Å². The Bertz CT molecular complexity index is 472. The van der Waals surface area contributed by atoms with Crippen molar-refractivity contribution in [1.82, 2.24) is 0 Å². The molecule has 2 aliphatic rings. The molecule has 0 spiro atoms. The van der Waals surface area contributed by atoms with Gasteiger partial charge in [-0.05, 0) is 55.9 Å². The summed E-state index contributed by atoms with van der Waals surface area (Å²) in [5.74, 6) is 1.84. The van der Waals surface area contributed by atoms with Gasteiger partial charge in [0.1, 0.15) is 11.4 Å². The topological polar surface area (TPSA) is 29.5 Å². The van der Waals surface area contributed by atoms with E-state index in [4.69, 9.17) is 4.74 Å². The van der Waals surface area contributed by atoms with E-state index in [9.17, 15) is 5.11 Å². The predicted octanol–water partition coefficient (Wildman–Crippen LogP) is 4.40. The second-order valence-corrected chi connectivity index (χ2v) is 7.15. The first kappa shape index (κ1) is 13.9. The summed E-state index contributed by atoms with van der Waals surface area (Å²) in [5.41, 5.74) is 2.20. The van der Waals surface area contributed by atoms with Crippen LogP contribution < -0.4 is 4.74 Å². The van der Waals surface area contributed by atoms with Gasteiger partial charge in [-0.1, -0.05) is 31.7 Å². The minimum atomic E-state index is -0.315. The van der Waals surface area contributed by atoms with Gasteiger partial charge in [0.25, 0.3) is 0 Å². The molecule has 1 heterocycles. The van der Waals surface area contributed by atoms with Gasteiger partial charge in [-0.3, -0.25) is 0 Å². The maximum atomic E-state index is 10.4. The Balaban J connectivity index is 1.62. The molecule has 1 saturated carbocycles. The molecule has 0 aromatic heterocycles. The molecule has 0 radical (unpaired) electrons. The Morgan fingerprint density at radius 1 is 1.30 bits per heavy atom. The highest BCUT2D eigenvalue weighted by molar-refractivity contribution is 5.42. The van der Waals surface area contributed by atoms with E-state index in [-0.39, 0.29) is 11.7 Å². The zero-order valence-corrected chi connectivity index (χ0v) is 12.7. The van der Waals surface area contributed by atoms with Crippen molar-refractivity contribution in [2.24, 2.45) is 5.92 Å². The van der Waals surface area contributed by atoms with Crippen LogP contribution in [-0.2, 0) is 6.42 Å². The van der Waals surface area contributed by atoms with Gasteiger partial charge in [-0.2, -0.15) is 0 Å². The standard InChI is InChI=1S/C18H26O2/c1-18(2)12-15-11-14(8-10-17(15)20-18)16(19)9-7-13-5-3-4-6-13/h8,10-11,13,16,19H,3-7,9,12H2,1-2H3. The number of benzene rings is 1. The van der Waals surface area contributed by atoms with Crippen molar-refractivity contribution in [3.63, 3.8) is 0 Å². The van der Waals surface area contributed by atoms with E-state index < -0.39 is 0 Å². The highest BCUT2D eigenvalue weighted by Gasteiger charge is 2.30. The van der Waals surface area contributed by atoms with Crippen molar-refractivity contribution in [3.05, 3.63) is 29.3 Å². The second-order valence-electron chi connectivity index (χ2n) is 7.15. The summed E-state index contributed by atoms with van der Waals surface area (Å²) in [6.07, 6.45) is 8.17. The molecule has 1 aromatic rings. The average molecular weight is 274 g/mol. The lowest BCUT2D eigenvalue weighted by atomic mass is 9.94. The fourth-order valence-corrected chi connectivity index (χ4v) is 3.70. The van der Waals surface area contributed by atoms with Gasteiger partial charge in [0, 0.05) is 6.42 Å². The lowest BCUT2D eigenvalue weighted by Crippen LogP contribution is -2.24. The maximum Gasteiger partial charge on any atom is 0.123 e. The quantitative estimate of drug-likeness (QED) is 0.881. The summed E-state index contributed by atoms with van der Waals surface area (Å²) in [6.45, 7) is 4.23. The Morgan fingerprint density at radius 3 is 2.80 bits per heavy atom. The van der Waals surface area contributed by atoms with Crippen molar-refractivity contribution in [1.29, 1.82) is 0 Å². The van der Waals surface area contributed by atoms with Gasteiger partial charge in [-0.15, -0.1) is 0 Å². The van der Waals surface area contributed by atoms with Crippen molar-refractivity contribution in [3.8, 4) is 5.75 Å². The molecule has 2 nitrogen and oxygen atoms in total. The lowest BCUT2D eigenvalue weighted by molar-refractivity contribution is 0.138. The number of aliphatic hydroxyl groups excluding tert-OH is 1. The number of hydrogen-bond acceptors (Lipinski definition) is 2. The van der Waals surface area contributed by atoms with Crippen molar-refractivity contribution in [2.45, 2.75) is 70.5 Å². The van der Waals surface area contributed by atoms with Gasteiger partial charge in [0.05, 0.1) is 6.10 Å². The predicted molar refractivity (Wildman–Crippen MR) is 81.0 cm³/mol. The monoisotopic (exact) mass is 274 g/mol. The molecule has 1 unspecified atom stereocenters. The van der Waals surface area contributed by atoms with E-state index in [1.54, 1.807) is 0 Å². The molecule has 1 aliphatic carbocycles. The van der Waals surface area contributed by atoms with E-state index in [2.05, 4.69) is 19.9 Å². The average Bonchev–Trinajstić information content (AvgIpc) is 2.99. The highest BCUT2D eigenvalue weighted by Crippen LogP contribution is 2.37. The zero-order chi connectivity index (χ0) is 14.2. The number of aliphatic hydroxyl groups is 1. The van der Waals surface area contributed by atoms with Crippen LogP contribution in [0.25, 0.3) is 0 Å². The number of rotatable bonds is 4. The summed E-state index contributed by atoms with van der Waals surface area (Å²) in [4.78, 5) is 0. The summed E-state index contributed by atoms with van der Waals surface area (Å²) >= 11 is 0. The van der Waals surface area contributed by atoms with E-state index in [1.807, 2.05) is 12.1 Å². The van der Waals surface area contributed by atoms with Crippen LogP contribution in [-0.4, -0.2) is 10.7 Å². The first-order valence-corrected chi connectivity index (χ1v) is 8.03. The summed E-state index contributed by atoms with van der Waals surface area (Å²) in [5, 5.41) is 10.4. The maximum absolute atomic E-state index is 10.4. The minimum Gasteiger partial charge on any atom is -0.487 e. The van der Waals surface area contributed by atoms with Gasteiger partial charge < -0.3 is 9.84 Å². The SMILES string of the molecule is CC1(C)Cc2cc(C(O)CCC3CCCC3)ccc2O1. The fourth-order valence-electron chi connectivity index (χ4n) is 3.70. The Hall–Kier alpha value is -1.02. The second kappa shape index (κ2) is 5.40. The van der Waals surface area contributed by atoms with E-state index in [1.165, 1.54) is 37.7 Å². The molecular formula is C18H26O2. The van der Waals surface area contributed by atoms with Crippen LogP contribution in [0.15, 0.2) is 18.2 Å². The molecule has 0 amide bonds. The van der Waals surface area contributed by atoms with Gasteiger partial charge >= 0.3 is 0 Å². The van der Waals surface area contributed by atoms with Gasteiger partial charge in [-0.25, -0.2) is 0 Å². The minimum absolute atomic E-state index is 0.101. The Labute approximate surface area is 122 Å². The lowest BCUT2D eigenvalue weighted by Gasteiger charge is -2.16. The van der Waals surface area contributed by atoms with Crippen LogP contribution in [0.1, 0.15) is 69.6 Å². The van der Waals surface area contributed by atoms with Crippen molar-refractivity contribution in [2.75, 3.05) is 0 Å². The molecule has 1 aromatic carbocycles. The first-order chi connectivity index (χ1) is 9.53. The summed E-state index contributed by atoms with van der Waals surface area (Å²) < 4.78 is 5.89. The zero-order valence-electron chi connectivity index (χ0n) is 12.7. The smallest absolute Gasteiger partial charge is 0.123 e. The van der Waals surface area contributed by atoms with E-state index in [0.717, 1.165) is 30.1 Å². The van der Waals surface area contributed by atoms with Crippen LogP contribution in [0.3, 0.4) is 0 Å². The van der Waals surface area contributed by atoms with Crippen molar-refractivity contribution < 1.29 is 9.84 Å². The molecule has 110 valence electrons. The van der Waals surface area contributed by atoms with E-state index in [0.29, 0.717) is 0 Å².